The molecule has 7 nitrogen and oxygen atoms in total. The Morgan fingerprint density at radius 1 is 1.05 bits per heavy atom. The zero-order valence-electron chi connectivity index (χ0n) is 23.3. The van der Waals surface area contributed by atoms with Crippen LogP contribution in [0.1, 0.15) is 94.5 Å². The van der Waals surface area contributed by atoms with E-state index in [1.54, 1.807) is 4.90 Å². The van der Waals surface area contributed by atoms with Gasteiger partial charge >= 0.3 is 6.09 Å². The predicted molar refractivity (Wildman–Crippen MR) is 146 cm³/mol. The van der Waals surface area contributed by atoms with Gasteiger partial charge in [0, 0.05) is 37.3 Å². The van der Waals surface area contributed by atoms with E-state index in [0.29, 0.717) is 38.0 Å². The average Bonchev–Trinajstić information content (AvgIpc) is 3.27. The number of benzene rings is 1. The maximum absolute atomic E-state index is 13.5. The number of nitrogens with zero attached hydrogens (tertiary/aromatic N) is 2. The quantitative estimate of drug-likeness (QED) is 0.545. The van der Waals surface area contributed by atoms with Crippen molar-refractivity contribution < 1.29 is 19.1 Å². The van der Waals surface area contributed by atoms with E-state index in [0.717, 1.165) is 41.8 Å². The van der Waals surface area contributed by atoms with E-state index >= 15 is 0 Å². The van der Waals surface area contributed by atoms with Crippen LogP contribution in [0.2, 0.25) is 0 Å². The van der Waals surface area contributed by atoms with Crippen molar-refractivity contribution in [3.8, 4) is 0 Å². The molecule has 4 aliphatic carbocycles. The first kappa shape index (κ1) is 25.7. The van der Waals surface area contributed by atoms with Crippen LogP contribution in [-0.4, -0.2) is 59.0 Å². The predicted octanol–water partition coefficient (Wildman–Crippen LogP) is 5.63. The van der Waals surface area contributed by atoms with Crippen molar-refractivity contribution in [2.75, 3.05) is 25.0 Å². The third-order valence-electron chi connectivity index (χ3n) is 9.74. The summed E-state index contributed by atoms with van der Waals surface area (Å²) >= 11 is 0. The Hall–Kier alpha value is -2.57. The van der Waals surface area contributed by atoms with Gasteiger partial charge in [-0.1, -0.05) is 6.07 Å². The van der Waals surface area contributed by atoms with Crippen molar-refractivity contribution in [3.05, 3.63) is 29.3 Å². The lowest BCUT2D eigenvalue weighted by Crippen LogP contribution is -2.48. The minimum absolute atomic E-state index is 0.0144. The van der Waals surface area contributed by atoms with E-state index in [1.165, 1.54) is 38.5 Å². The highest BCUT2D eigenvalue weighted by atomic mass is 16.6. The Morgan fingerprint density at radius 3 is 2.39 bits per heavy atom. The fourth-order valence-electron chi connectivity index (χ4n) is 8.75. The average molecular weight is 522 g/mol. The third-order valence-corrected chi connectivity index (χ3v) is 9.74. The number of anilines is 1. The van der Waals surface area contributed by atoms with Crippen LogP contribution in [0.15, 0.2) is 18.2 Å². The van der Waals surface area contributed by atoms with Gasteiger partial charge in [0.05, 0.1) is 6.04 Å². The molecule has 6 aliphatic rings. The zero-order valence-corrected chi connectivity index (χ0v) is 23.3. The summed E-state index contributed by atoms with van der Waals surface area (Å²) in [6.07, 6.45) is 10.6. The van der Waals surface area contributed by atoms with Gasteiger partial charge in [0.15, 0.2) is 0 Å². The van der Waals surface area contributed by atoms with Crippen LogP contribution < -0.4 is 5.32 Å². The molecule has 38 heavy (non-hydrogen) atoms. The molecular formula is C31H43N3O4. The van der Waals surface area contributed by atoms with Crippen molar-refractivity contribution in [2.24, 2.45) is 23.2 Å². The largest absolute Gasteiger partial charge is 0.444 e. The number of fused-ring (bicyclic) bond motifs is 1. The molecule has 4 bridgehead atoms. The number of carbonyl (C=O) groups excluding carboxylic acids is 3. The van der Waals surface area contributed by atoms with E-state index < -0.39 is 5.60 Å². The van der Waals surface area contributed by atoms with Gasteiger partial charge in [-0.05, 0) is 119 Å². The van der Waals surface area contributed by atoms with Crippen LogP contribution >= 0.6 is 0 Å². The Morgan fingerprint density at radius 2 is 1.74 bits per heavy atom. The molecular weight excluding hydrogens is 478 g/mol. The van der Waals surface area contributed by atoms with Crippen LogP contribution in [0.3, 0.4) is 0 Å². The van der Waals surface area contributed by atoms with Crippen molar-refractivity contribution in [2.45, 2.75) is 96.6 Å². The summed E-state index contributed by atoms with van der Waals surface area (Å²) in [6.45, 7) is 7.40. The van der Waals surface area contributed by atoms with Gasteiger partial charge in [0.1, 0.15) is 5.60 Å². The molecule has 7 rings (SSSR count). The normalized spacial score (nSPS) is 31.9. The van der Waals surface area contributed by atoms with Crippen molar-refractivity contribution in [3.63, 3.8) is 0 Å². The van der Waals surface area contributed by atoms with Crippen molar-refractivity contribution in [1.29, 1.82) is 0 Å². The summed E-state index contributed by atoms with van der Waals surface area (Å²) in [6, 6.07) is 5.67. The Bertz CT molecular complexity index is 1090. The summed E-state index contributed by atoms with van der Waals surface area (Å²) in [4.78, 5) is 43.2. The van der Waals surface area contributed by atoms with Crippen LogP contribution in [0, 0.1) is 23.2 Å². The SMILES string of the molecule is CC(C)(C)OC(=O)N1CCCC1CN1CCc2c(NC(=O)CC34CC5CC(CC(C5)C3)C4)cccc2C1=O. The maximum Gasteiger partial charge on any atom is 0.410 e. The summed E-state index contributed by atoms with van der Waals surface area (Å²) < 4.78 is 5.61. The number of ether oxygens (including phenoxy) is 1. The molecule has 1 unspecified atom stereocenters. The topological polar surface area (TPSA) is 79.0 Å². The molecule has 1 N–H and O–H groups in total. The van der Waals surface area contributed by atoms with Gasteiger partial charge in [-0.2, -0.15) is 0 Å². The van der Waals surface area contributed by atoms with Crippen LogP contribution in [-0.2, 0) is 16.0 Å². The number of hydrogen-bond donors (Lipinski definition) is 1. The molecule has 0 spiro atoms. The third kappa shape index (κ3) is 5.05. The summed E-state index contributed by atoms with van der Waals surface area (Å²) in [5.41, 5.74) is 2.07. The number of likely N-dealkylation sites (tertiary alicyclic amines) is 1. The number of hydrogen-bond acceptors (Lipinski definition) is 4. The molecule has 1 aromatic rings. The molecule has 2 aliphatic heterocycles. The molecule has 4 saturated carbocycles. The molecule has 206 valence electrons. The number of carbonyl (C=O) groups is 3. The van der Waals surface area contributed by atoms with Crippen LogP contribution in [0.25, 0.3) is 0 Å². The highest BCUT2D eigenvalue weighted by Crippen LogP contribution is 2.61. The monoisotopic (exact) mass is 521 g/mol. The number of amides is 3. The standard InChI is InChI=1S/C31H43N3O4/c1-30(2,3)38-29(37)34-10-5-6-23(34)19-33-11-9-24-25(28(33)36)7-4-8-26(24)32-27(35)18-31-15-20-12-21(16-31)14-22(13-20)17-31/h4,7-8,20-23H,5-6,9-19H2,1-3H3,(H,32,35). The van der Waals surface area contributed by atoms with Crippen molar-refractivity contribution >= 4 is 23.6 Å². The van der Waals surface area contributed by atoms with Gasteiger partial charge in [-0.3, -0.25) is 9.59 Å². The van der Waals surface area contributed by atoms with Gasteiger partial charge in [-0.25, -0.2) is 4.79 Å². The van der Waals surface area contributed by atoms with E-state index in [-0.39, 0.29) is 29.4 Å². The van der Waals surface area contributed by atoms with E-state index in [4.69, 9.17) is 4.74 Å². The molecule has 1 aromatic carbocycles. The summed E-state index contributed by atoms with van der Waals surface area (Å²) in [7, 11) is 0. The summed E-state index contributed by atoms with van der Waals surface area (Å²) in [5, 5.41) is 3.22. The van der Waals surface area contributed by atoms with Crippen LogP contribution in [0.4, 0.5) is 10.5 Å². The minimum Gasteiger partial charge on any atom is -0.444 e. The first-order valence-electron chi connectivity index (χ1n) is 14.8. The Labute approximate surface area is 226 Å². The number of nitrogens with one attached hydrogen (secondary N) is 1. The highest BCUT2D eigenvalue weighted by Gasteiger charge is 2.51. The Kier molecular flexibility index (Phi) is 6.47. The van der Waals surface area contributed by atoms with E-state index in [9.17, 15) is 14.4 Å². The smallest absolute Gasteiger partial charge is 0.410 e. The first-order valence-corrected chi connectivity index (χ1v) is 14.8. The lowest BCUT2D eigenvalue weighted by molar-refractivity contribution is -0.124. The van der Waals surface area contributed by atoms with Crippen molar-refractivity contribution in [1.82, 2.24) is 9.80 Å². The molecule has 0 radical (unpaired) electrons. The fraction of sp³-hybridized carbons (Fsp3) is 0.710. The van der Waals surface area contributed by atoms with Gasteiger partial charge in [-0.15, -0.1) is 0 Å². The van der Waals surface area contributed by atoms with Crippen LogP contribution in [0.5, 0.6) is 0 Å². The molecule has 3 amide bonds. The van der Waals surface area contributed by atoms with Gasteiger partial charge in [0.25, 0.3) is 5.91 Å². The second kappa shape index (κ2) is 9.56. The van der Waals surface area contributed by atoms with Gasteiger partial charge < -0.3 is 19.9 Å². The zero-order chi connectivity index (χ0) is 26.7. The minimum atomic E-state index is -0.541. The fourth-order valence-corrected chi connectivity index (χ4v) is 8.75. The summed E-state index contributed by atoms with van der Waals surface area (Å²) in [5.74, 6) is 2.57. The number of rotatable bonds is 5. The second-order valence-electron chi connectivity index (χ2n) is 13.9. The van der Waals surface area contributed by atoms with Gasteiger partial charge in [0.2, 0.25) is 5.91 Å². The molecule has 5 fully saturated rings. The molecule has 7 heteroatoms. The van der Waals surface area contributed by atoms with E-state index in [1.807, 2.05) is 43.9 Å². The Balaban J connectivity index is 1.11. The first-order chi connectivity index (χ1) is 18.1. The van der Waals surface area contributed by atoms with E-state index in [2.05, 4.69) is 5.32 Å². The lowest BCUT2D eigenvalue weighted by atomic mass is 9.49. The maximum atomic E-state index is 13.5. The second-order valence-corrected chi connectivity index (χ2v) is 13.9. The molecule has 2 heterocycles. The molecule has 0 aromatic heterocycles. The molecule has 1 saturated heterocycles. The lowest BCUT2D eigenvalue weighted by Gasteiger charge is -2.56. The highest BCUT2D eigenvalue weighted by molar-refractivity contribution is 6.00. The molecule has 1 atom stereocenters.